The van der Waals surface area contributed by atoms with Gasteiger partial charge in [0.2, 0.25) is 11.8 Å². The Hall–Kier alpha value is -1.28. The molecule has 0 spiro atoms. The maximum Gasteiger partial charge on any atom is 0.327 e. The van der Waals surface area contributed by atoms with E-state index in [0.29, 0.717) is 18.8 Å². The van der Waals surface area contributed by atoms with Crippen LogP contribution in [-0.2, 0) is 14.4 Å². The molecule has 0 aromatic carbocycles. The van der Waals surface area contributed by atoms with E-state index in [0.717, 1.165) is 12.8 Å². The van der Waals surface area contributed by atoms with Crippen LogP contribution in [0.3, 0.4) is 0 Å². The molecule has 0 bridgehead atoms. The fraction of sp³-hybridized carbons (Fsp3) is 0.833. The van der Waals surface area contributed by atoms with Crippen molar-refractivity contribution < 1.29 is 19.5 Å². The molecule has 0 radical (unpaired) electrons. The Morgan fingerprint density at radius 2 is 1.65 bits per heavy atom. The van der Waals surface area contributed by atoms with Gasteiger partial charge in [-0.05, 0) is 24.7 Å². The highest BCUT2D eigenvalue weighted by Crippen LogP contribution is 2.27. The second-order valence-electron chi connectivity index (χ2n) is 7.62. The molecule has 8 heteroatoms. The third kappa shape index (κ3) is 7.95. The molecule has 0 aliphatic heterocycles. The van der Waals surface area contributed by atoms with E-state index < -0.39 is 30.0 Å². The van der Waals surface area contributed by atoms with Crippen LogP contribution in [0, 0.1) is 11.8 Å². The summed E-state index contributed by atoms with van der Waals surface area (Å²) in [6.45, 7) is 3.86. The van der Waals surface area contributed by atoms with Gasteiger partial charge in [-0.2, -0.15) is 12.6 Å². The first-order valence-corrected chi connectivity index (χ1v) is 10.1. The van der Waals surface area contributed by atoms with Gasteiger partial charge in [-0.3, -0.25) is 9.59 Å². The summed E-state index contributed by atoms with van der Waals surface area (Å²) in [6.07, 6.45) is 6.82. The Balaban J connectivity index is 2.64. The zero-order chi connectivity index (χ0) is 19.7. The maximum absolute atomic E-state index is 12.5. The second-order valence-corrected chi connectivity index (χ2v) is 7.98. The highest BCUT2D eigenvalue weighted by molar-refractivity contribution is 7.80. The number of carboxylic acids is 1. The fourth-order valence-corrected chi connectivity index (χ4v) is 3.58. The number of hydrogen-bond acceptors (Lipinski definition) is 5. The summed E-state index contributed by atoms with van der Waals surface area (Å²) in [7, 11) is 0. The normalized spacial score (nSPS) is 18.8. The quantitative estimate of drug-likeness (QED) is 0.362. The number of aliphatic carboxylic acids is 1. The lowest BCUT2D eigenvalue weighted by atomic mass is 9.85. The van der Waals surface area contributed by atoms with Crippen LogP contribution in [0.4, 0.5) is 0 Å². The van der Waals surface area contributed by atoms with Gasteiger partial charge in [-0.15, -0.1) is 0 Å². The molecule has 1 rings (SSSR count). The number of amides is 2. The van der Waals surface area contributed by atoms with Gasteiger partial charge in [0.25, 0.3) is 0 Å². The van der Waals surface area contributed by atoms with E-state index in [1.54, 1.807) is 0 Å². The Morgan fingerprint density at radius 1 is 1.08 bits per heavy atom. The minimum absolute atomic E-state index is 0.0232. The largest absolute Gasteiger partial charge is 0.480 e. The first kappa shape index (κ1) is 22.8. The number of nitrogens with two attached hydrogens (primary N) is 1. The number of carbonyl (C=O) groups is 3. The molecule has 1 saturated carbocycles. The Bertz CT molecular complexity index is 481. The van der Waals surface area contributed by atoms with Crippen LogP contribution in [-0.4, -0.2) is 46.8 Å². The zero-order valence-corrected chi connectivity index (χ0v) is 16.6. The van der Waals surface area contributed by atoms with E-state index in [1.807, 2.05) is 13.8 Å². The summed E-state index contributed by atoms with van der Waals surface area (Å²) < 4.78 is 0. The molecule has 2 amide bonds. The van der Waals surface area contributed by atoms with Crippen LogP contribution in [0.15, 0.2) is 0 Å². The SMILES string of the molecule is CC(C)C[C@H](NC(=O)[C@@H](N)CC1CCCCC1)C(=O)N[C@@H](CS)C(=O)O. The third-order valence-electron chi connectivity index (χ3n) is 4.79. The van der Waals surface area contributed by atoms with Gasteiger partial charge in [0.1, 0.15) is 12.1 Å². The molecule has 150 valence electrons. The lowest BCUT2D eigenvalue weighted by Crippen LogP contribution is -2.55. The summed E-state index contributed by atoms with van der Waals surface area (Å²) in [5.74, 6) is -1.43. The lowest BCUT2D eigenvalue weighted by Gasteiger charge is -2.26. The Labute approximate surface area is 161 Å². The van der Waals surface area contributed by atoms with E-state index in [-0.39, 0.29) is 17.6 Å². The van der Waals surface area contributed by atoms with Crippen molar-refractivity contribution >= 4 is 30.4 Å². The van der Waals surface area contributed by atoms with E-state index >= 15 is 0 Å². The van der Waals surface area contributed by atoms with Gasteiger partial charge in [0.05, 0.1) is 6.04 Å². The van der Waals surface area contributed by atoms with E-state index in [4.69, 9.17) is 10.8 Å². The van der Waals surface area contributed by atoms with Crippen molar-refractivity contribution in [1.29, 1.82) is 0 Å². The summed E-state index contributed by atoms with van der Waals surface area (Å²) in [5.41, 5.74) is 6.05. The minimum atomic E-state index is -1.16. The van der Waals surface area contributed by atoms with Crippen molar-refractivity contribution in [3.8, 4) is 0 Å². The molecule has 0 unspecified atom stereocenters. The van der Waals surface area contributed by atoms with Crippen molar-refractivity contribution in [2.75, 3.05) is 5.75 Å². The zero-order valence-electron chi connectivity index (χ0n) is 15.7. The summed E-state index contributed by atoms with van der Waals surface area (Å²) >= 11 is 3.94. The van der Waals surface area contributed by atoms with Crippen molar-refractivity contribution in [1.82, 2.24) is 10.6 Å². The van der Waals surface area contributed by atoms with Gasteiger partial charge in [-0.25, -0.2) is 4.79 Å². The van der Waals surface area contributed by atoms with Crippen LogP contribution in [0.2, 0.25) is 0 Å². The molecule has 0 aromatic rings. The average molecular weight is 388 g/mol. The first-order chi connectivity index (χ1) is 12.2. The number of nitrogens with one attached hydrogen (secondary N) is 2. The lowest BCUT2D eigenvalue weighted by molar-refractivity contribution is -0.141. The molecule has 1 aliphatic rings. The van der Waals surface area contributed by atoms with Crippen LogP contribution in [0.25, 0.3) is 0 Å². The molecule has 3 atom stereocenters. The molecule has 1 fully saturated rings. The van der Waals surface area contributed by atoms with Gasteiger partial charge < -0.3 is 21.5 Å². The number of carboxylic acid groups (broad SMARTS) is 1. The second kappa shape index (κ2) is 11.4. The minimum Gasteiger partial charge on any atom is -0.480 e. The van der Waals surface area contributed by atoms with Crippen LogP contribution < -0.4 is 16.4 Å². The monoisotopic (exact) mass is 387 g/mol. The van der Waals surface area contributed by atoms with Crippen LogP contribution >= 0.6 is 12.6 Å². The topological polar surface area (TPSA) is 122 Å². The number of rotatable bonds is 10. The predicted octanol–water partition coefficient (Wildman–Crippen LogP) is 1.31. The average Bonchev–Trinajstić information content (AvgIpc) is 2.58. The molecule has 0 saturated heterocycles. The number of thiol groups is 1. The van der Waals surface area contributed by atoms with Gasteiger partial charge in [-0.1, -0.05) is 46.0 Å². The molecule has 1 aliphatic carbocycles. The van der Waals surface area contributed by atoms with Crippen molar-refractivity contribution in [2.24, 2.45) is 17.6 Å². The first-order valence-electron chi connectivity index (χ1n) is 9.44. The van der Waals surface area contributed by atoms with E-state index in [9.17, 15) is 14.4 Å². The highest BCUT2D eigenvalue weighted by atomic mass is 32.1. The number of hydrogen-bond donors (Lipinski definition) is 5. The summed E-state index contributed by atoms with van der Waals surface area (Å²) in [5, 5.41) is 14.2. The molecular formula is C18H33N3O4S. The van der Waals surface area contributed by atoms with Crippen LogP contribution in [0.5, 0.6) is 0 Å². The predicted molar refractivity (Wildman–Crippen MR) is 104 cm³/mol. The van der Waals surface area contributed by atoms with E-state index in [1.165, 1.54) is 19.3 Å². The van der Waals surface area contributed by atoms with Gasteiger partial charge >= 0.3 is 5.97 Å². The maximum atomic E-state index is 12.5. The van der Waals surface area contributed by atoms with Gasteiger partial charge in [0.15, 0.2) is 0 Å². The van der Waals surface area contributed by atoms with Crippen molar-refractivity contribution in [2.45, 2.75) is 76.9 Å². The third-order valence-corrected chi connectivity index (χ3v) is 5.15. The van der Waals surface area contributed by atoms with Gasteiger partial charge in [0, 0.05) is 5.75 Å². The van der Waals surface area contributed by atoms with E-state index in [2.05, 4.69) is 23.3 Å². The van der Waals surface area contributed by atoms with Crippen LogP contribution in [0.1, 0.15) is 58.8 Å². The standard InChI is InChI=1S/C18H33N3O4S/c1-11(2)8-14(17(23)21-15(10-26)18(24)25)20-16(22)13(19)9-12-6-4-3-5-7-12/h11-15,26H,3-10,19H2,1-2H3,(H,20,22)(H,21,23)(H,24,25)/t13-,14-,15-/m0/s1. The smallest absolute Gasteiger partial charge is 0.327 e. The molecule has 7 nitrogen and oxygen atoms in total. The molecule has 0 heterocycles. The Kier molecular flexibility index (Phi) is 10.0. The Morgan fingerprint density at radius 3 is 2.15 bits per heavy atom. The van der Waals surface area contributed by atoms with Crippen molar-refractivity contribution in [3.05, 3.63) is 0 Å². The molecule has 26 heavy (non-hydrogen) atoms. The molecule has 0 aromatic heterocycles. The summed E-state index contributed by atoms with van der Waals surface area (Å²) in [4.78, 5) is 36.0. The molecular weight excluding hydrogens is 354 g/mol. The molecule has 5 N–H and O–H groups in total. The summed E-state index contributed by atoms with van der Waals surface area (Å²) in [6, 6.07) is -2.55. The fourth-order valence-electron chi connectivity index (χ4n) is 3.33. The number of carbonyl (C=O) groups excluding carboxylic acids is 2. The van der Waals surface area contributed by atoms with Crippen molar-refractivity contribution in [3.63, 3.8) is 0 Å². The highest BCUT2D eigenvalue weighted by Gasteiger charge is 2.29.